The molecule has 6 N–H and O–H groups in total. The molecule has 10 heteroatoms. The Morgan fingerprint density at radius 3 is 2.44 bits per heavy atom. The molecule has 3 rings (SSSR count). The molecule has 0 heterocycles. The molecule has 1 amide bonds. The lowest BCUT2D eigenvalue weighted by atomic mass is 10.0. The summed E-state index contributed by atoms with van der Waals surface area (Å²) in [6.45, 7) is 3.96. The summed E-state index contributed by atoms with van der Waals surface area (Å²) in [5.74, 6) is -0.947. The van der Waals surface area contributed by atoms with E-state index in [1.807, 2.05) is 56.3 Å². The van der Waals surface area contributed by atoms with E-state index >= 15 is 0 Å². The van der Waals surface area contributed by atoms with Gasteiger partial charge in [0.2, 0.25) is 15.9 Å². The zero-order valence-corrected chi connectivity index (χ0v) is 23.3. The molecule has 2 unspecified atom stereocenters. The van der Waals surface area contributed by atoms with Crippen molar-refractivity contribution in [2.75, 3.05) is 25.4 Å². The van der Waals surface area contributed by atoms with Gasteiger partial charge < -0.3 is 21.9 Å². The van der Waals surface area contributed by atoms with Gasteiger partial charge in [0.05, 0.1) is 23.2 Å². The number of nitrogen functional groups attached to an aromatic ring is 1. The molecule has 0 saturated carbocycles. The van der Waals surface area contributed by atoms with Crippen LogP contribution in [0.15, 0.2) is 65.6 Å². The molecule has 0 aliphatic rings. The van der Waals surface area contributed by atoms with E-state index in [4.69, 9.17) is 11.5 Å². The summed E-state index contributed by atoms with van der Waals surface area (Å²) >= 11 is 0. The lowest BCUT2D eigenvalue weighted by Crippen LogP contribution is -2.44. The van der Waals surface area contributed by atoms with Gasteiger partial charge in [0, 0.05) is 19.1 Å². The smallest absolute Gasteiger partial charge is 0.243 e. The molecular weight excluding hydrogens is 519 g/mol. The van der Waals surface area contributed by atoms with Crippen LogP contribution in [0.25, 0.3) is 10.8 Å². The first kappa shape index (κ1) is 30.5. The zero-order chi connectivity index (χ0) is 28.6. The van der Waals surface area contributed by atoms with Gasteiger partial charge in [-0.15, -0.1) is 0 Å². The number of aliphatic hydroxyl groups is 1. The molecule has 0 aromatic heterocycles. The van der Waals surface area contributed by atoms with Gasteiger partial charge in [-0.05, 0) is 59.7 Å². The van der Waals surface area contributed by atoms with Gasteiger partial charge in [-0.25, -0.2) is 12.8 Å². The van der Waals surface area contributed by atoms with E-state index in [0.717, 1.165) is 28.5 Å². The standard InChI is InChI=1S/C29H39FN4O4S/c1-20(2)18-34(39(37,38)25-12-13-26(30)27(31)17-25)24(19-35)9-5-6-14-33-29(36)28(32)16-21-10-11-22-7-3-4-8-23(22)15-21/h3-4,7-8,10-13,15,17,20,24,28,35H,5-6,9,14,16,18-19,31-32H2,1-2H3,(H,33,36). The molecular formula is C29H39FN4O4S. The number of carbonyl (C=O) groups excluding carboxylic acids is 1. The van der Waals surface area contributed by atoms with Crippen molar-refractivity contribution >= 4 is 32.4 Å². The first-order valence-electron chi connectivity index (χ1n) is 13.2. The quantitative estimate of drug-likeness (QED) is 0.177. The fraction of sp³-hybridized carbons (Fsp3) is 0.414. The summed E-state index contributed by atoms with van der Waals surface area (Å²) in [4.78, 5) is 12.4. The normalized spacial score (nSPS) is 13.6. The maximum Gasteiger partial charge on any atom is 0.243 e. The van der Waals surface area contributed by atoms with Crippen LogP contribution in [0.4, 0.5) is 10.1 Å². The number of benzene rings is 3. The number of nitrogens with two attached hydrogens (primary N) is 2. The predicted molar refractivity (Wildman–Crippen MR) is 153 cm³/mol. The first-order valence-corrected chi connectivity index (χ1v) is 14.7. The highest BCUT2D eigenvalue weighted by Gasteiger charge is 2.32. The van der Waals surface area contributed by atoms with Gasteiger partial charge in [0.15, 0.2) is 0 Å². The Balaban J connectivity index is 1.53. The molecule has 2 atom stereocenters. The fourth-order valence-electron chi connectivity index (χ4n) is 4.51. The van der Waals surface area contributed by atoms with E-state index in [-0.39, 0.29) is 35.6 Å². The van der Waals surface area contributed by atoms with Crippen LogP contribution in [0.3, 0.4) is 0 Å². The molecule has 3 aromatic carbocycles. The van der Waals surface area contributed by atoms with E-state index in [0.29, 0.717) is 32.2 Å². The monoisotopic (exact) mass is 558 g/mol. The molecule has 0 fully saturated rings. The Bertz CT molecular complexity index is 1370. The zero-order valence-electron chi connectivity index (χ0n) is 22.5. The number of unbranched alkanes of at least 4 members (excludes halogenated alkanes) is 1. The van der Waals surface area contributed by atoms with Crippen LogP contribution in [-0.2, 0) is 21.2 Å². The molecule has 212 valence electrons. The second kappa shape index (κ2) is 13.8. The van der Waals surface area contributed by atoms with Crippen LogP contribution >= 0.6 is 0 Å². The second-order valence-corrected chi connectivity index (χ2v) is 12.2. The molecule has 0 aliphatic carbocycles. The lowest BCUT2D eigenvalue weighted by Gasteiger charge is -2.31. The van der Waals surface area contributed by atoms with Crippen LogP contribution in [0.2, 0.25) is 0 Å². The third-order valence-corrected chi connectivity index (χ3v) is 8.52. The second-order valence-electron chi connectivity index (χ2n) is 10.3. The number of amides is 1. The number of hydrogen-bond acceptors (Lipinski definition) is 6. The van der Waals surface area contributed by atoms with Crippen molar-refractivity contribution in [2.45, 2.75) is 56.5 Å². The van der Waals surface area contributed by atoms with Crippen LogP contribution in [-0.4, -0.2) is 55.5 Å². The van der Waals surface area contributed by atoms with Crippen LogP contribution < -0.4 is 16.8 Å². The Morgan fingerprint density at radius 2 is 1.77 bits per heavy atom. The van der Waals surface area contributed by atoms with Crippen molar-refractivity contribution in [1.82, 2.24) is 9.62 Å². The number of nitrogens with zero attached hydrogens (tertiary/aromatic N) is 1. The summed E-state index contributed by atoms with van der Waals surface area (Å²) in [6.07, 6.45) is 1.96. The Morgan fingerprint density at radius 1 is 1.05 bits per heavy atom. The van der Waals surface area contributed by atoms with Gasteiger partial charge in [0.1, 0.15) is 5.82 Å². The third kappa shape index (κ3) is 8.22. The number of halogens is 1. The highest BCUT2D eigenvalue weighted by molar-refractivity contribution is 7.89. The highest BCUT2D eigenvalue weighted by atomic mass is 32.2. The fourth-order valence-corrected chi connectivity index (χ4v) is 6.35. The minimum atomic E-state index is -4.02. The number of hydrogen-bond donors (Lipinski definition) is 4. The maximum atomic E-state index is 13.6. The Kier molecular flexibility index (Phi) is 10.8. The average Bonchev–Trinajstić information content (AvgIpc) is 2.90. The molecule has 0 spiro atoms. The molecule has 8 nitrogen and oxygen atoms in total. The van der Waals surface area contributed by atoms with Crippen molar-refractivity contribution in [3.8, 4) is 0 Å². The van der Waals surface area contributed by atoms with Crippen LogP contribution in [0, 0.1) is 11.7 Å². The Labute approximate surface area is 230 Å². The minimum absolute atomic E-state index is 0.00463. The van der Waals surface area contributed by atoms with E-state index in [1.165, 1.54) is 10.4 Å². The maximum absolute atomic E-state index is 13.6. The van der Waals surface area contributed by atoms with E-state index < -0.39 is 27.9 Å². The molecule has 0 aliphatic heterocycles. The lowest BCUT2D eigenvalue weighted by molar-refractivity contribution is -0.122. The number of sulfonamides is 1. The first-order chi connectivity index (χ1) is 18.5. The summed E-state index contributed by atoms with van der Waals surface area (Å²) in [5, 5.41) is 15.1. The summed E-state index contributed by atoms with van der Waals surface area (Å²) in [5.41, 5.74) is 12.5. The van der Waals surface area contributed by atoms with Gasteiger partial charge >= 0.3 is 0 Å². The van der Waals surface area contributed by atoms with Gasteiger partial charge in [0.25, 0.3) is 0 Å². The number of anilines is 1. The SMILES string of the molecule is CC(C)CN(C(CO)CCCCNC(=O)C(N)Cc1ccc2ccccc2c1)S(=O)(=O)c1ccc(F)c(N)c1. The third-order valence-electron chi connectivity index (χ3n) is 6.61. The number of nitrogens with one attached hydrogen (secondary N) is 1. The number of rotatable bonds is 14. The van der Waals surface area contributed by atoms with E-state index in [1.54, 1.807) is 0 Å². The van der Waals surface area contributed by atoms with Gasteiger partial charge in [-0.3, -0.25) is 4.79 Å². The van der Waals surface area contributed by atoms with Gasteiger partial charge in [-0.2, -0.15) is 4.31 Å². The van der Waals surface area contributed by atoms with Crippen molar-refractivity contribution in [3.05, 3.63) is 72.0 Å². The summed E-state index contributed by atoms with van der Waals surface area (Å²) in [6, 6.07) is 16.0. The van der Waals surface area contributed by atoms with E-state index in [2.05, 4.69) is 5.32 Å². The Hall–Kier alpha value is -3.05. The largest absolute Gasteiger partial charge is 0.396 e. The average molecular weight is 559 g/mol. The summed E-state index contributed by atoms with van der Waals surface area (Å²) in [7, 11) is -4.02. The van der Waals surface area contributed by atoms with Crippen molar-refractivity contribution in [2.24, 2.45) is 11.7 Å². The molecule has 0 radical (unpaired) electrons. The molecule has 3 aromatic rings. The van der Waals surface area contributed by atoms with Crippen molar-refractivity contribution in [3.63, 3.8) is 0 Å². The molecule has 39 heavy (non-hydrogen) atoms. The predicted octanol–water partition coefficient (Wildman–Crippen LogP) is 3.43. The van der Waals surface area contributed by atoms with Crippen molar-refractivity contribution < 1.29 is 22.7 Å². The topological polar surface area (TPSA) is 139 Å². The van der Waals surface area contributed by atoms with Crippen LogP contribution in [0.1, 0.15) is 38.7 Å². The van der Waals surface area contributed by atoms with Gasteiger partial charge in [-0.1, -0.05) is 62.7 Å². The number of carbonyl (C=O) groups is 1. The highest BCUT2D eigenvalue weighted by Crippen LogP contribution is 2.25. The van der Waals surface area contributed by atoms with Crippen LogP contribution in [0.5, 0.6) is 0 Å². The van der Waals surface area contributed by atoms with Crippen molar-refractivity contribution in [1.29, 1.82) is 0 Å². The van der Waals surface area contributed by atoms with E-state index in [9.17, 15) is 22.7 Å². The summed E-state index contributed by atoms with van der Waals surface area (Å²) < 4.78 is 41.6. The molecule has 0 saturated heterocycles. The number of fused-ring (bicyclic) bond motifs is 1. The number of aliphatic hydroxyl groups excluding tert-OH is 1. The molecule has 0 bridgehead atoms. The minimum Gasteiger partial charge on any atom is -0.396 e.